The van der Waals surface area contributed by atoms with Crippen molar-refractivity contribution < 1.29 is 13.4 Å². The van der Waals surface area contributed by atoms with Gasteiger partial charge in [0, 0.05) is 11.5 Å². The van der Waals surface area contributed by atoms with E-state index in [1.54, 1.807) is 0 Å². The van der Waals surface area contributed by atoms with Crippen LogP contribution in [0, 0.1) is 5.82 Å². The van der Waals surface area contributed by atoms with E-state index in [2.05, 4.69) is 38.3 Å². The SMILES string of the molecule is CC(C)(C)[S+]([O-])N=C[C@]1(c2ccc(F)cc2)CC[C@H](O[Si](C)(C)C(C)(C)C)CC1. The van der Waals surface area contributed by atoms with Crippen LogP contribution in [0.15, 0.2) is 28.7 Å². The predicted octanol–water partition coefficient (Wildman–Crippen LogP) is 6.56. The minimum Gasteiger partial charge on any atom is -0.591 e. The van der Waals surface area contributed by atoms with E-state index in [0.717, 1.165) is 31.2 Å². The van der Waals surface area contributed by atoms with Crippen molar-refractivity contribution in [2.75, 3.05) is 0 Å². The van der Waals surface area contributed by atoms with Gasteiger partial charge in [0.05, 0.1) is 6.21 Å². The molecule has 1 fully saturated rings. The van der Waals surface area contributed by atoms with Crippen LogP contribution in [0.3, 0.4) is 0 Å². The average molecular weight is 440 g/mol. The number of hydrogen-bond donors (Lipinski definition) is 0. The molecule has 0 aromatic heterocycles. The van der Waals surface area contributed by atoms with Crippen LogP contribution in [-0.4, -0.2) is 29.9 Å². The van der Waals surface area contributed by atoms with Gasteiger partial charge in [0.2, 0.25) is 0 Å². The van der Waals surface area contributed by atoms with Crippen LogP contribution >= 0.6 is 0 Å². The van der Waals surface area contributed by atoms with Gasteiger partial charge in [-0.1, -0.05) is 37.3 Å². The van der Waals surface area contributed by atoms with Crippen LogP contribution in [0.25, 0.3) is 0 Å². The predicted molar refractivity (Wildman–Crippen MR) is 125 cm³/mol. The topological polar surface area (TPSA) is 44.7 Å². The Morgan fingerprint density at radius 2 is 1.62 bits per heavy atom. The highest BCUT2D eigenvalue weighted by Gasteiger charge is 2.43. The molecule has 1 aliphatic rings. The maximum absolute atomic E-state index is 13.5. The lowest BCUT2D eigenvalue weighted by molar-refractivity contribution is 0.121. The minimum absolute atomic E-state index is 0.184. The first-order valence-corrected chi connectivity index (χ1v) is 14.6. The van der Waals surface area contributed by atoms with Crippen molar-refractivity contribution in [3.8, 4) is 0 Å². The molecule has 6 heteroatoms. The highest BCUT2D eigenvalue weighted by atomic mass is 32.2. The van der Waals surface area contributed by atoms with Gasteiger partial charge in [0.1, 0.15) is 21.9 Å². The van der Waals surface area contributed by atoms with E-state index in [1.165, 1.54) is 12.1 Å². The maximum atomic E-state index is 13.5. The summed E-state index contributed by atoms with van der Waals surface area (Å²) in [5.74, 6) is -0.242. The summed E-state index contributed by atoms with van der Waals surface area (Å²) in [6, 6.07) is 6.69. The second-order valence-electron chi connectivity index (χ2n) is 10.8. The lowest BCUT2D eigenvalue weighted by Gasteiger charge is -2.43. The second kappa shape index (κ2) is 8.81. The third kappa shape index (κ3) is 6.15. The van der Waals surface area contributed by atoms with E-state index in [4.69, 9.17) is 4.43 Å². The molecule has 0 N–H and O–H groups in total. The van der Waals surface area contributed by atoms with Crippen molar-refractivity contribution in [3.05, 3.63) is 35.6 Å². The highest BCUT2D eigenvalue weighted by Crippen LogP contribution is 2.43. The Morgan fingerprint density at radius 3 is 2.07 bits per heavy atom. The van der Waals surface area contributed by atoms with Gasteiger partial charge < -0.3 is 8.98 Å². The molecular formula is C23H38FNO2SSi. The first-order valence-electron chi connectivity index (χ1n) is 10.6. The molecule has 1 unspecified atom stereocenters. The van der Waals surface area contributed by atoms with Crippen molar-refractivity contribution in [2.45, 2.75) is 102 Å². The Hall–Kier alpha value is -0.693. The highest BCUT2D eigenvalue weighted by molar-refractivity contribution is 7.91. The molecule has 0 aliphatic heterocycles. The van der Waals surface area contributed by atoms with Crippen LogP contribution < -0.4 is 0 Å². The number of rotatable bonds is 5. The van der Waals surface area contributed by atoms with Gasteiger partial charge in [0.25, 0.3) is 0 Å². The smallest absolute Gasteiger partial charge is 0.192 e. The normalized spacial score (nSPS) is 25.4. The Morgan fingerprint density at radius 1 is 1.10 bits per heavy atom. The molecule has 1 atom stereocenters. The zero-order valence-electron chi connectivity index (χ0n) is 19.3. The van der Waals surface area contributed by atoms with Gasteiger partial charge >= 0.3 is 0 Å². The molecule has 3 nitrogen and oxygen atoms in total. The van der Waals surface area contributed by atoms with Gasteiger partial charge in [-0.05, 0) is 82.3 Å². The summed E-state index contributed by atoms with van der Waals surface area (Å²) in [7, 11) is -1.82. The van der Waals surface area contributed by atoms with Crippen molar-refractivity contribution >= 4 is 25.9 Å². The van der Waals surface area contributed by atoms with Crippen molar-refractivity contribution in [1.82, 2.24) is 0 Å². The fourth-order valence-corrected chi connectivity index (χ4v) is 5.44. The molecule has 164 valence electrons. The summed E-state index contributed by atoms with van der Waals surface area (Å²) in [4.78, 5) is 0. The summed E-state index contributed by atoms with van der Waals surface area (Å²) >= 11 is -1.31. The van der Waals surface area contributed by atoms with E-state index in [1.807, 2.05) is 39.1 Å². The van der Waals surface area contributed by atoms with E-state index < -0.39 is 24.4 Å². The average Bonchev–Trinajstić information content (AvgIpc) is 2.59. The summed E-state index contributed by atoms with van der Waals surface area (Å²) in [6.45, 7) is 17.2. The van der Waals surface area contributed by atoms with Gasteiger partial charge in [0.15, 0.2) is 8.32 Å². The fraction of sp³-hybridized carbons (Fsp3) is 0.696. The van der Waals surface area contributed by atoms with Crippen molar-refractivity contribution in [1.29, 1.82) is 0 Å². The van der Waals surface area contributed by atoms with E-state index in [-0.39, 0.29) is 22.4 Å². The molecule has 1 aromatic carbocycles. The van der Waals surface area contributed by atoms with Crippen molar-refractivity contribution in [2.24, 2.45) is 4.40 Å². The Kier molecular flexibility index (Phi) is 7.47. The third-order valence-electron chi connectivity index (χ3n) is 6.43. The summed E-state index contributed by atoms with van der Waals surface area (Å²) in [6.07, 6.45) is 5.71. The maximum Gasteiger partial charge on any atom is 0.192 e. The van der Waals surface area contributed by atoms with Crippen molar-refractivity contribution in [3.63, 3.8) is 0 Å². The molecule has 1 aliphatic carbocycles. The Labute approximate surface area is 181 Å². The van der Waals surface area contributed by atoms with E-state index in [9.17, 15) is 8.94 Å². The molecule has 0 bridgehead atoms. The van der Waals surface area contributed by atoms with Gasteiger partial charge in [-0.2, -0.15) is 0 Å². The number of benzene rings is 1. The van der Waals surface area contributed by atoms with Gasteiger partial charge in [-0.3, -0.25) is 0 Å². The number of halogens is 1. The molecule has 2 rings (SSSR count). The number of nitrogens with zero attached hydrogens (tertiary/aromatic N) is 1. The second-order valence-corrected chi connectivity index (χ2v) is 17.5. The van der Waals surface area contributed by atoms with Crippen LogP contribution in [-0.2, 0) is 21.2 Å². The molecule has 29 heavy (non-hydrogen) atoms. The monoisotopic (exact) mass is 439 g/mol. The molecule has 1 aromatic rings. The minimum atomic E-state index is -1.82. The van der Waals surface area contributed by atoms with Gasteiger partial charge in [-0.25, -0.2) is 4.39 Å². The summed E-state index contributed by atoms with van der Waals surface area (Å²) in [5, 5.41) is 0.184. The van der Waals surface area contributed by atoms with Crippen LogP contribution in [0.2, 0.25) is 18.1 Å². The zero-order chi connectivity index (χ0) is 22.1. The molecule has 0 spiro atoms. The zero-order valence-corrected chi connectivity index (χ0v) is 21.2. The lowest BCUT2D eigenvalue weighted by atomic mass is 9.69. The van der Waals surface area contributed by atoms with E-state index >= 15 is 0 Å². The first kappa shape index (κ1) is 24.6. The molecule has 0 heterocycles. The summed E-state index contributed by atoms with van der Waals surface area (Å²) in [5.41, 5.74) is 0.723. The summed E-state index contributed by atoms with van der Waals surface area (Å²) < 4.78 is 36.7. The quantitative estimate of drug-likeness (QED) is 0.296. The molecule has 0 saturated heterocycles. The number of hydrogen-bond acceptors (Lipinski definition) is 3. The van der Waals surface area contributed by atoms with Crippen LogP contribution in [0.1, 0.15) is 72.8 Å². The molecule has 0 amide bonds. The van der Waals surface area contributed by atoms with Crippen LogP contribution in [0.4, 0.5) is 4.39 Å². The fourth-order valence-electron chi connectivity index (χ4n) is 3.40. The first-order chi connectivity index (χ1) is 13.2. The Balaban J connectivity index is 2.23. The molecule has 0 radical (unpaired) electrons. The largest absolute Gasteiger partial charge is 0.591 e. The van der Waals surface area contributed by atoms with E-state index in [0.29, 0.717) is 0 Å². The lowest BCUT2D eigenvalue weighted by Crippen LogP contribution is -2.46. The standard InChI is InChI=1S/C23H38FNO2SSi/c1-21(2,3)28(26)25-17-23(18-9-11-19(24)12-10-18)15-13-20(14-16-23)27-29(7,8)22(4,5)6/h9-12,17,20H,13-16H2,1-8H3/t20-,23-,28?. The van der Waals surface area contributed by atoms with Crippen LogP contribution in [0.5, 0.6) is 0 Å². The molecular weight excluding hydrogens is 401 g/mol. The van der Waals surface area contributed by atoms with Gasteiger partial charge in [-0.15, -0.1) is 0 Å². The molecule has 1 saturated carbocycles. The Bertz CT molecular complexity index is 699. The third-order valence-corrected chi connectivity index (χ3v) is 12.3.